The van der Waals surface area contributed by atoms with Crippen molar-refractivity contribution >= 4 is 54.9 Å². The van der Waals surface area contributed by atoms with Crippen LogP contribution < -0.4 is 19.1 Å². The van der Waals surface area contributed by atoms with Crippen molar-refractivity contribution in [3.8, 4) is 5.75 Å². The summed E-state index contributed by atoms with van der Waals surface area (Å²) in [6.07, 6.45) is 2.67. The zero-order valence-corrected chi connectivity index (χ0v) is 19.9. The number of carbonyl (C=O) groups is 1. The second-order valence-electron chi connectivity index (χ2n) is 7.20. The van der Waals surface area contributed by atoms with Gasteiger partial charge in [-0.25, -0.2) is 31.5 Å². The van der Waals surface area contributed by atoms with Crippen molar-refractivity contribution in [1.29, 1.82) is 0 Å². The lowest BCUT2D eigenvalue weighted by molar-refractivity contribution is -0.122. The van der Waals surface area contributed by atoms with E-state index in [2.05, 4.69) is 20.0 Å². The number of fused-ring (bicyclic) bond motifs is 1. The molecule has 3 aromatic rings. The van der Waals surface area contributed by atoms with E-state index in [0.29, 0.717) is 5.02 Å². The smallest absolute Gasteiger partial charge is 0.267 e. The summed E-state index contributed by atoms with van der Waals surface area (Å²) in [5.41, 5.74) is 0.528. The van der Waals surface area contributed by atoms with Gasteiger partial charge in [0.05, 0.1) is 23.4 Å². The Kier molecular flexibility index (Phi) is 6.34. The summed E-state index contributed by atoms with van der Waals surface area (Å²) in [7, 11) is -7.65. The van der Waals surface area contributed by atoms with Crippen LogP contribution in [0.15, 0.2) is 65.8 Å². The molecule has 2 heterocycles. The third-order valence-corrected chi connectivity index (χ3v) is 7.43. The monoisotopic (exact) mass is 523 g/mol. The molecule has 4 rings (SSSR count). The summed E-state index contributed by atoms with van der Waals surface area (Å²) >= 11 is 5.98. The molecular weight excluding hydrogens is 506 g/mol. The van der Waals surface area contributed by atoms with Crippen LogP contribution in [0.1, 0.15) is 0 Å². The fraction of sp³-hybridized carbons (Fsp3) is 0.150. The van der Waals surface area contributed by atoms with Crippen LogP contribution in [0.2, 0.25) is 5.02 Å². The normalized spacial score (nSPS) is 15.7. The number of hydrogen-bond acceptors (Lipinski definition) is 8. The first-order valence-electron chi connectivity index (χ1n) is 9.68. The maximum absolute atomic E-state index is 12.8. The predicted molar refractivity (Wildman–Crippen MR) is 126 cm³/mol. The van der Waals surface area contributed by atoms with Crippen molar-refractivity contribution in [3.05, 3.63) is 65.9 Å². The molecule has 0 saturated carbocycles. The lowest BCUT2D eigenvalue weighted by Gasteiger charge is -2.34. The van der Waals surface area contributed by atoms with E-state index in [1.54, 1.807) is 6.07 Å². The number of ether oxygens (including phenoxy) is 1. The average molecular weight is 524 g/mol. The Balaban J connectivity index is 1.49. The molecule has 1 aliphatic rings. The van der Waals surface area contributed by atoms with Crippen molar-refractivity contribution in [3.63, 3.8) is 0 Å². The molecule has 0 fully saturated rings. The van der Waals surface area contributed by atoms with Crippen LogP contribution >= 0.6 is 11.6 Å². The molecule has 0 saturated heterocycles. The summed E-state index contributed by atoms with van der Waals surface area (Å²) in [6, 6.07) is 11.4. The number of carbonyl (C=O) groups excluding carboxylic acids is 1. The van der Waals surface area contributed by atoms with Gasteiger partial charge in [0.15, 0.2) is 6.10 Å². The van der Waals surface area contributed by atoms with Gasteiger partial charge in [-0.1, -0.05) is 11.6 Å². The number of hydrogen-bond donors (Lipinski definition) is 2. The highest BCUT2D eigenvalue weighted by atomic mass is 35.5. The molecule has 1 aliphatic heterocycles. The first-order valence-corrected chi connectivity index (χ1v) is 13.4. The summed E-state index contributed by atoms with van der Waals surface area (Å²) in [5, 5.41) is 2.92. The zero-order chi connectivity index (χ0) is 24.5. The molecule has 34 heavy (non-hydrogen) atoms. The van der Waals surface area contributed by atoms with E-state index >= 15 is 0 Å². The second kappa shape index (κ2) is 9.08. The van der Waals surface area contributed by atoms with Gasteiger partial charge in [-0.05, 0) is 48.5 Å². The molecule has 2 aromatic carbocycles. The fourth-order valence-corrected chi connectivity index (χ4v) is 5.18. The quantitative estimate of drug-likeness (QED) is 0.499. The molecule has 11 nitrogen and oxygen atoms in total. The number of nitrogens with one attached hydrogen (secondary N) is 2. The number of aromatic nitrogens is 2. The van der Waals surface area contributed by atoms with Gasteiger partial charge in [-0.15, -0.1) is 0 Å². The van der Waals surface area contributed by atoms with Crippen LogP contribution in [0, 0.1) is 0 Å². The van der Waals surface area contributed by atoms with Gasteiger partial charge in [0.2, 0.25) is 16.0 Å². The molecular formula is C20H18ClN5O6S2. The maximum atomic E-state index is 12.8. The third-order valence-electron chi connectivity index (χ3n) is 4.71. The van der Waals surface area contributed by atoms with Crippen molar-refractivity contribution in [1.82, 2.24) is 9.97 Å². The van der Waals surface area contributed by atoms with Crippen LogP contribution in [0.3, 0.4) is 0 Å². The van der Waals surface area contributed by atoms with Gasteiger partial charge in [0, 0.05) is 23.1 Å². The molecule has 0 spiro atoms. The molecule has 2 N–H and O–H groups in total. The lowest BCUT2D eigenvalue weighted by atomic mass is 10.2. The van der Waals surface area contributed by atoms with E-state index in [1.807, 2.05) is 0 Å². The Hall–Kier alpha value is -3.42. The Morgan fingerprint density at radius 2 is 1.76 bits per heavy atom. The van der Waals surface area contributed by atoms with Gasteiger partial charge in [-0.3, -0.25) is 9.10 Å². The van der Waals surface area contributed by atoms with E-state index in [1.165, 1.54) is 54.9 Å². The minimum atomic E-state index is -3.94. The van der Waals surface area contributed by atoms with E-state index in [4.69, 9.17) is 16.3 Å². The van der Waals surface area contributed by atoms with Crippen molar-refractivity contribution in [2.24, 2.45) is 0 Å². The molecule has 1 amide bonds. The van der Waals surface area contributed by atoms with Crippen LogP contribution in [-0.4, -0.2) is 51.6 Å². The summed E-state index contributed by atoms with van der Waals surface area (Å²) in [5.74, 6) is -0.496. The summed E-state index contributed by atoms with van der Waals surface area (Å²) < 4.78 is 58.5. The third kappa shape index (κ3) is 5.21. The molecule has 0 unspecified atom stereocenters. The van der Waals surface area contributed by atoms with Crippen molar-refractivity contribution < 1.29 is 26.4 Å². The van der Waals surface area contributed by atoms with Gasteiger partial charge in [0.1, 0.15) is 5.75 Å². The lowest BCUT2D eigenvalue weighted by Crippen LogP contribution is -2.48. The summed E-state index contributed by atoms with van der Waals surface area (Å²) in [6.45, 7) is -0.258. The number of anilines is 3. The number of benzene rings is 2. The average Bonchev–Trinajstić information content (AvgIpc) is 2.78. The topological polar surface area (TPSA) is 148 Å². The highest BCUT2D eigenvalue weighted by Gasteiger charge is 2.35. The second-order valence-corrected chi connectivity index (χ2v) is 11.2. The number of rotatable bonds is 6. The highest BCUT2D eigenvalue weighted by Crippen LogP contribution is 2.37. The summed E-state index contributed by atoms with van der Waals surface area (Å²) in [4.78, 5) is 20.4. The zero-order valence-electron chi connectivity index (χ0n) is 17.5. The first kappa shape index (κ1) is 23.7. The van der Waals surface area contributed by atoms with Crippen LogP contribution in [0.25, 0.3) is 0 Å². The van der Waals surface area contributed by atoms with Gasteiger partial charge in [-0.2, -0.15) is 0 Å². The molecule has 178 valence electrons. The molecule has 14 heteroatoms. The number of halogens is 1. The minimum absolute atomic E-state index is 0.0686. The number of nitrogens with zero attached hydrogens (tertiary/aromatic N) is 3. The van der Waals surface area contributed by atoms with Gasteiger partial charge >= 0.3 is 0 Å². The van der Waals surface area contributed by atoms with Crippen LogP contribution in [0.5, 0.6) is 5.75 Å². The van der Waals surface area contributed by atoms with Crippen molar-refractivity contribution in [2.75, 3.05) is 27.1 Å². The Morgan fingerprint density at radius 1 is 1.09 bits per heavy atom. The standard InChI is InChI=1S/C20H18ClN5O6S2/c1-33(28,29)26-12-18(32-17-8-3-13(21)11-16(17)26)19(27)24-14-4-6-15(7-5-14)34(30,31)25-20-22-9-2-10-23-20/h2-11,18H,12H2,1H3,(H,24,27)(H,22,23,25)/t18-/m1/s1. The molecule has 0 aliphatic carbocycles. The molecule has 1 atom stereocenters. The Morgan fingerprint density at radius 3 is 2.41 bits per heavy atom. The fourth-order valence-electron chi connectivity index (χ4n) is 3.15. The van der Waals surface area contributed by atoms with Crippen molar-refractivity contribution in [2.45, 2.75) is 11.0 Å². The maximum Gasteiger partial charge on any atom is 0.267 e. The number of amides is 1. The molecule has 0 radical (unpaired) electrons. The van der Waals surface area contributed by atoms with Gasteiger partial charge < -0.3 is 10.1 Å². The number of sulfonamides is 2. The predicted octanol–water partition coefficient (Wildman–Crippen LogP) is 2.10. The van der Waals surface area contributed by atoms with E-state index in [9.17, 15) is 21.6 Å². The molecule has 1 aromatic heterocycles. The largest absolute Gasteiger partial charge is 0.476 e. The van der Waals surface area contributed by atoms with E-state index in [-0.39, 0.29) is 34.5 Å². The van der Waals surface area contributed by atoms with Gasteiger partial charge in [0.25, 0.3) is 15.9 Å². The highest BCUT2D eigenvalue weighted by molar-refractivity contribution is 7.92. The van der Waals surface area contributed by atoms with E-state index in [0.717, 1.165) is 10.6 Å². The Labute approximate surface area is 200 Å². The minimum Gasteiger partial charge on any atom is -0.476 e. The Bertz CT molecular complexity index is 1430. The first-order chi connectivity index (χ1) is 16.0. The SMILES string of the molecule is CS(=O)(=O)N1C[C@H](C(=O)Nc2ccc(S(=O)(=O)Nc3ncccn3)cc2)Oc2ccc(Cl)cc21. The van der Waals surface area contributed by atoms with Crippen LogP contribution in [-0.2, 0) is 24.8 Å². The van der Waals surface area contributed by atoms with Crippen LogP contribution in [0.4, 0.5) is 17.3 Å². The molecule has 0 bridgehead atoms. The van der Waals surface area contributed by atoms with E-state index < -0.39 is 32.1 Å².